The number of hydrogen-bond donors (Lipinski definition) is 7. The van der Waals surface area contributed by atoms with Crippen LogP contribution in [-0.4, -0.2) is 53.2 Å². The highest BCUT2D eigenvalue weighted by Gasteiger charge is 2.30. The number of carboxylic acid groups (broad SMARTS) is 1. The lowest BCUT2D eigenvalue weighted by molar-refractivity contribution is -0.130. The number of nitrogens with zero attached hydrogens (tertiary/aromatic N) is 1. The number of H-pyrrole nitrogens is 1. The summed E-state index contributed by atoms with van der Waals surface area (Å²) in [5, 5.41) is 22.2. The molecule has 4 aromatic rings. The number of carboxylic acids is 1. The number of imidazole rings is 1. The highest BCUT2D eigenvalue weighted by atomic mass is 32.2. The van der Waals surface area contributed by atoms with Crippen LogP contribution in [0.3, 0.4) is 0 Å². The summed E-state index contributed by atoms with van der Waals surface area (Å²) < 4.78 is 29.0. The van der Waals surface area contributed by atoms with Gasteiger partial charge in [0.25, 0.3) is 0 Å². The Labute approximate surface area is 266 Å². The quantitative estimate of drug-likeness (QED) is 0.0706. The Balaban J connectivity index is 1.50. The molecule has 46 heavy (non-hydrogen) atoms. The van der Waals surface area contributed by atoms with Crippen LogP contribution in [0.5, 0.6) is 0 Å². The molecule has 0 spiro atoms. The van der Waals surface area contributed by atoms with Crippen LogP contribution in [-0.2, 0) is 38.3 Å². The number of aryl methyl sites for hydroxylation is 1. The molecule has 8 N–H and O–H groups in total. The Morgan fingerprint density at radius 3 is 2.28 bits per heavy atom. The van der Waals surface area contributed by atoms with Crippen LogP contribution in [0.25, 0.3) is 0 Å². The van der Waals surface area contributed by atoms with E-state index in [0.717, 1.165) is 11.1 Å². The van der Waals surface area contributed by atoms with E-state index in [1.54, 1.807) is 24.3 Å². The first-order chi connectivity index (χ1) is 22.0. The van der Waals surface area contributed by atoms with Gasteiger partial charge in [-0.2, -0.15) is 0 Å². The van der Waals surface area contributed by atoms with Crippen LogP contribution < -0.4 is 21.1 Å². The number of hydrogen-bond acceptors (Lipinski definition) is 7. The third-order valence-electron chi connectivity index (χ3n) is 7.08. The van der Waals surface area contributed by atoms with Crippen LogP contribution in [0.2, 0.25) is 0 Å². The summed E-state index contributed by atoms with van der Waals surface area (Å²) in [7, 11) is -4.13. The number of aromatic carboxylic acids is 1. The van der Waals surface area contributed by atoms with Crippen molar-refractivity contribution in [1.82, 2.24) is 25.3 Å². The molecular formula is C32H35N7O6S. The van der Waals surface area contributed by atoms with E-state index in [2.05, 4.69) is 25.3 Å². The first kappa shape index (κ1) is 33.6. The number of nitrogens with two attached hydrogens (primary N) is 1. The summed E-state index contributed by atoms with van der Waals surface area (Å²) >= 11 is 0. The molecule has 1 heterocycles. The lowest BCUT2D eigenvalue weighted by atomic mass is 10.0. The molecule has 4 rings (SSSR count). The lowest BCUT2D eigenvalue weighted by Crippen LogP contribution is -2.50. The number of benzene rings is 3. The molecule has 2 atom stereocenters. The second-order valence-electron chi connectivity index (χ2n) is 10.6. The Bertz CT molecular complexity index is 1760. The minimum atomic E-state index is -4.13. The second-order valence-corrected chi connectivity index (χ2v) is 12.3. The summed E-state index contributed by atoms with van der Waals surface area (Å²) in [6.07, 6.45) is 3.90. The van der Waals surface area contributed by atoms with Crippen molar-refractivity contribution >= 4 is 33.6 Å². The minimum Gasteiger partial charge on any atom is -0.478 e. The van der Waals surface area contributed by atoms with Crippen LogP contribution in [0.15, 0.2) is 91.4 Å². The van der Waals surface area contributed by atoms with Crippen molar-refractivity contribution in [3.8, 4) is 0 Å². The Kier molecular flexibility index (Phi) is 11.4. The Hall–Kier alpha value is -5.34. The number of rotatable bonds is 16. The highest BCUT2D eigenvalue weighted by Crippen LogP contribution is 2.15. The molecule has 2 amide bonds. The van der Waals surface area contributed by atoms with Gasteiger partial charge in [-0.15, -0.1) is 0 Å². The zero-order chi connectivity index (χ0) is 33.1. The molecule has 0 aliphatic heterocycles. The van der Waals surface area contributed by atoms with Crippen LogP contribution >= 0.6 is 0 Å². The summed E-state index contributed by atoms with van der Waals surface area (Å²) in [6.45, 7) is 0.111. The SMILES string of the molecule is N=C(N)c1ccc(CNC(=O)C(NC(=O)C(CCCc2ccccc2)NS(=O)(=O)Cc2cccc(C(=O)O)c2)c2cnc[nH]2)cc1. The van der Waals surface area contributed by atoms with Crippen LogP contribution in [0.4, 0.5) is 0 Å². The second kappa shape index (κ2) is 15.6. The summed E-state index contributed by atoms with van der Waals surface area (Å²) in [5.74, 6) is -3.12. The zero-order valence-electron chi connectivity index (χ0n) is 24.8. The number of nitrogens with one attached hydrogen (secondary N) is 5. The van der Waals surface area contributed by atoms with Gasteiger partial charge in [0.2, 0.25) is 21.8 Å². The number of aromatic nitrogens is 2. The Morgan fingerprint density at radius 2 is 1.63 bits per heavy atom. The van der Waals surface area contributed by atoms with E-state index in [0.29, 0.717) is 18.4 Å². The highest BCUT2D eigenvalue weighted by molar-refractivity contribution is 7.88. The van der Waals surface area contributed by atoms with Gasteiger partial charge in [-0.3, -0.25) is 15.0 Å². The number of carbonyl (C=O) groups is 3. The predicted molar refractivity (Wildman–Crippen MR) is 171 cm³/mol. The summed E-state index contributed by atoms with van der Waals surface area (Å²) in [4.78, 5) is 45.2. The van der Waals surface area contributed by atoms with Crippen molar-refractivity contribution in [2.24, 2.45) is 5.73 Å². The average Bonchev–Trinajstić information content (AvgIpc) is 3.57. The molecule has 0 fully saturated rings. The summed E-state index contributed by atoms with van der Waals surface area (Å²) in [5.41, 5.74) is 8.24. The monoisotopic (exact) mass is 645 g/mol. The van der Waals surface area contributed by atoms with Gasteiger partial charge in [-0.25, -0.2) is 22.9 Å². The summed E-state index contributed by atoms with van der Waals surface area (Å²) in [6, 6.07) is 19.3. The topological polar surface area (TPSA) is 220 Å². The van der Waals surface area contributed by atoms with Gasteiger partial charge < -0.3 is 26.5 Å². The molecular weight excluding hydrogens is 610 g/mol. The van der Waals surface area contributed by atoms with E-state index in [4.69, 9.17) is 11.1 Å². The molecule has 0 aliphatic rings. The molecule has 0 saturated heterocycles. The first-order valence-electron chi connectivity index (χ1n) is 14.4. The molecule has 14 heteroatoms. The smallest absolute Gasteiger partial charge is 0.335 e. The number of amides is 2. The first-order valence-corrected chi connectivity index (χ1v) is 16.0. The molecule has 1 aromatic heterocycles. The van der Waals surface area contributed by atoms with Crippen molar-refractivity contribution in [2.45, 2.75) is 43.6 Å². The average molecular weight is 646 g/mol. The van der Waals surface area contributed by atoms with Gasteiger partial charge in [0.15, 0.2) is 0 Å². The minimum absolute atomic E-state index is 0.0620. The van der Waals surface area contributed by atoms with E-state index in [1.807, 2.05) is 30.3 Å². The fourth-order valence-corrected chi connectivity index (χ4v) is 6.08. The molecule has 240 valence electrons. The molecule has 0 bridgehead atoms. The molecule has 2 unspecified atom stereocenters. The van der Waals surface area contributed by atoms with Gasteiger partial charge in [-0.1, -0.05) is 66.7 Å². The molecule has 0 saturated carbocycles. The van der Waals surface area contributed by atoms with E-state index in [1.165, 1.54) is 36.8 Å². The predicted octanol–water partition coefficient (Wildman–Crippen LogP) is 2.38. The van der Waals surface area contributed by atoms with Gasteiger partial charge >= 0.3 is 5.97 Å². The van der Waals surface area contributed by atoms with Crippen molar-refractivity contribution in [2.75, 3.05) is 0 Å². The van der Waals surface area contributed by atoms with E-state index in [-0.39, 0.29) is 35.6 Å². The number of sulfonamides is 1. The van der Waals surface area contributed by atoms with Gasteiger partial charge in [0, 0.05) is 12.1 Å². The zero-order valence-corrected chi connectivity index (χ0v) is 25.6. The van der Waals surface area contributed by atoms with Crippen LogP contribution in [0.1, 0.15) is 57.2 Å². The van der Waals surface area contributed by atoms with Crippen molar-refractivity contribution in [3.05, 3.63) is 125 Å². The Morgan fingerprint density at radius 1 is 0.913 bits per heavy atom. The number of amidine groups is 1. The van der Waals surface area contributed by atoms with Crippen molar-refractivity contribution in [1.29, 1.82) is 5.41 Å². The third kappa shape index (κ3) is 9.84. The maximum absolute atomic E-state index is 13.7. The normalized spacial score (nSPS) is 12.5. The van der Waals surface area contributed by atoms with Gasteiger partial charge in [0.05, 0.1) is 29.5 Å². The van der Waals surface area contributed by atoms with Crippen molar-refractivity contribution in [3.63, 3.8) is 0 Å². The molecule has 13 nitrogen and oxygen atoms in total. The number of nitrogen functional groups attached to an aromatic ring is 1. The molecule has 3 aromatic carbocycles. The third-order valence-corrected chi connectivity index (χ3v) is 8.44. The van der Waals surface area contributed by atoms with Gasteiger partial charge in [0.1, 0.15) is 17.9 Å². The maximum Gasteiger partial charge on any atom is 0.335 e. The largest absolute Gasteiger partial charge is 0.478 e. The number of aromatic amines is 1. The van der Waals surface area contributed by atoms with E-state index in [9.17, 15) is 27.9 Å². The van der Waals surface area contributed by atoms with E-state index < -0.39 is 45.6 Å². The van der Waals surface area contributed by atoms with Crippen LogP contribution in [0, 0.1) is 5.41 Å². The number of carbonyl (C=O) groups excluding carboxylic acids is 2. The fourth-order valence-electron chi connectivity index (χ4n) is 4.72. The standard InChI is InChI=1S/C32H35N7O6S/c33-29(34)24-14-12-22(13-15-24)17-36-31(41)28(27-18-35-20-37-27)38-30(40)26(11-5-8-21-6-2-1-3-7-21)39-46(44,45)19-23-9-4-10-25(16-23)32(42)43/h1-4,6-7,9-10,12-16,18,20,26,28,39H,5,8,11,17,19H2,(H3,33,34)(H,35,37)(H,36,41)(H,38,40)(H,42,43). The van der Waals surface area contributed by atoms with Crippen molar-refractivity contribution < 1.29 is 27.9 Å². The van der Waals surface area contributed by atoms with Gasteiger partial charge in [-0.05, 0) is 48.1 Å². The fraction of sp³-hybridized carbons (Fsp3) is 0.219. The molecule has 0 radical (unpaired) electrons. The molecule has 0 aliphatic carbocycles. The maximum atomic E-state index is 13.7. The van der Waals surface area contributed by atoms with E-state index >= 15 is 0 Å². The lowest BCUT2D eigenvalue weighted by Gasteiger charge is -2.23.